The van der Waals surface area contributed by atoms with Crippen molar-refractivity contribution >= 4 is 35.0 Å². The summed E-state index contributed by atoms with van der Waals surface area (Å²) in [6, 6.07) is 4.87. The Bertz CT molecular complexity index is 691. The summed E-state index contributed by atoms with van der Waals surface area (Å²) in [7, 11) is 0. The van der Waals surface area contributed by atoms with Gasteiger partial charge < -0.3 is 15.3 Å². The van der Waals surface area contributed by atoms with Crippen LogP contribution in [0, 0.1) is 5.41 Å². The van der Waals surface area contributed by atoms with E-state index in [0.717, 1.165) is 25.7 Å². The minimum atomic E-state index is -0.420. The molecular weight excluding hydrogens is 363 g/mol. The van der Waals surface area contributed by atoms with Crippen LogP contribution in [0.2, 0.25) is 10.0 Å². The first-order valence-corrected chi connectivity index (χ1v) is 9.32. The van der Waals surface area contributed by atoms with E-state index in [1.54, 1.807) is 12.1 Å². The lowest BCUT2D eigenvalue weighted by Crippen LogP contribution is -2.46. The number of aliphatic hydroxyl groups is 1. The maximum absolute atomic E-state index is 12.7. The van der Waals surface area contributed by atoms with Gasteiger partial charge in [-0.25, -0.2) is 0 Å². The number of halogens is 2. The predicted octanol–water partition coefficient (Wildman–Crippen LogP) is 2.88. The molecule has 3 rings (SSSR count). The van der Waals surface area contributed by atoms with Crippen molar-refractivity contribution in [3.63, 3.8) is 0 Å². The SMILES string of the molecule is CC[C@]1(CO)C[C@H]2CC[C@@H]1N2C(=O)CNC(=O)c1cc(Cl)ccc1Cl. The van der Waals surface area contributed by atoms with Gasteiger partial charge in [0.1, 0.15) is 0 Å². The molecule has 0 saturated carbocycles. The number of carbonyl (C=O) groups excluding carboxylic acids is 2. The minimum Gasteiger partial charge on any atom is -0.396 e. The highest BCUT2D eigenvalue weighted by atomic mass is 35.5. The van der Waals surface area contributed by atoms with Crippen LogP contribution in [0.1, 0.15) is 43.0 Å². The predicted molar refractivity (Wildman–Crippen MR) is 96.9 cm³/mol. The van der Waals surface area contributed by atoms with Crippen molar-refractivity contribution in [2.45, 2.75) is 44.7 Å². The van der Waals surface area contributed by atoms with E-state index in [9.17, 15) is 14.7 Å². The average Bonchev–Trinajstić information content (AvgIpc) is 3.17. The van der Waals surface area contributed by atoms with E-state index in [2.05, 4.69) is 12.2 Å². The summed E-state index contributed by atoms with van der Waals surface area (Å²) >= 11 is 11.9. The number of hydrogen-bond acceptors (Lipinski definition) is 3. The molecule has 0 aromatic heterocycles. The number of carbonyl (C=O) groups is 2. The van der Waals surface area contributed by atoms with Gasteiger partial charge in [-0.05, 0) is 43.9 Å². The monoisotopic (exact) mass is 384 g/mol. The number of nitrogens with one attached hydrogen (secondary N) is 1. The molecule has 2 amide bonds. The minimum absolute atomic E-state index is 0.0617. The van der Waals surface area contributed by atoms with Gasteiger partial charge in [0.2, 0.25) is 5.91 Å². The fraction of sp³-hybridized carbons (Fsp3) is 0.556. The lowest BCUT2D eigenvalue weighted by atomic mass is 9.72. The molecule has 2 N–H and O–H groups in total. The zero-order valence-electron chi connectivity index (χ0n) is 14.1. The van der Waals surface area contributed by atoms with Crippen LogP contribution in [0.25, 0.3) is 0 Å². The van der Waals surface area contributed by atoms with Crippen LogP contribution in [0.3, 0.4) is 0 Å². The number of amides is 2. The Morgan fingerprint density at radius 3 is 2.76 bits per heavy atom. The Kier molecular flexibility index (Phi) is 5.28. The van der Waals surface area contributed by atoms with E-state index in [4.69, 9.17) is 23.2 Å². The van der Waals surface area contributed by atoms with Crippen LogP contribution >= 0.6 is 23.2 Å². The fourth-order valence-corrected chi connectivity index (χ4v) is 4.72. The van der Waals surface area contributed by atoms with Crippen LogP contribution in [0.15, 0.2) is 18.2 Å². The maximum Gasteiger partial charge on any atom is 0.253 e. The number of fused-ring (bicyclic) bond motifs is 2. The van der Waals surface area contributed by atoms with Gasteiger partial charge in [-0.2, -0.15) is 0 Å². The zero-order valence-corrected chi connectivity index (χ0v) is 15.6. The molecule has 2 heterocycles. The smallest absolute Gasteiger partial charge is 0.253 e. The Morgan fingerprint density at radius 1 is 1.36 bits per heavy atom. The number of hydrogen-bond donors (Lipinski definition) is 2. The first kappa shape index (κ1) is 18.5. The van der Waals surface area contributed by atoms with Crippen molar-refractivity contribution < 1.29 is 14.7 Å². The average molecular weight is 385 g/mol. The Hall–Kier alpha value is -1.30. The lowest BCUT2D eigenvalue weighted by molar-refractivity contribution is -0.132. The molecule has 2 bridgehead atoms. The molecule has 25 heavy (non-hydrogen) atoms. The lowest BCUT2D eigenvalue weighted by Gasteiger charge is -2.34. The highest BCUT2D eigenvalue weighted by molar-refractivity contribution is 6.35. The van der Waals surface area contributed by atoms with E-state index in [1.165, 1.54) is 6.07 Å². The van der Waals surface area contributed by atoms with Crippen LogP contribution < -0.4 is 5.32 Å². The third kappa shape index (κ3) is 3.25. The van der Waals surface area contributed by atoms with E-state index in [0.29, 0.717) is 10.0 Å². The second kappa shape index (κ2) is 7.14. The molecule has 0 spiro atoms. The van der Waals surface area contributed by atoms with E-state index in [1.807, 2.05) is 4.90 Å². The van der Waals surface area contributed by atoms with Gasteiger partial charge in [-0.1, -0.05) is 30.1 Å². The fourth-order valence-electron chi connectivity index (χ4n) is 4.34. The zero-order chi connectivity index (χ0) is 18.2. The summed E-state index contributed by atoms with van der Waals surface area (Å²) in [5.74, 6) is -0.529. The summed E-state index contributed by atoms with van der Waals surface area (Å²) in [5.41, 5.74) is 0.0587. The largest absolute Gasteiger partial charge is 0.396 e. The molecule has 2 aliphatic heterocycles. The second-order valence-electron chi connectivity index (χ2n) is 6.93. The molecule has 3 atom stereocenters. The Morgan fingerprint density at radius 2 is 2.12 bits per heavy atom. The molecule has 0 unspecified atom stereocenters. The third-order valence-corrected chi connectivity index (χ3v) is 6.30. The van der Waals surface area contributed by atoms with Gasteiger partial charge in [-0.15, -0.1) is 0 Å². The van der Waals surface area contributed by atoms with Crippen LogP contribution in [-0.2, 0) is 4.79 Å². The summed E-state index contributed by atoms with van der Waals surface area (Å²) in [4.78, 5) is 26.8. The molecular formula is C18H22Cl2N2O3. The number of nitrogens with zero attached hydrogens (tertiary/aromatic N) is 1. The van der Waals surface area contributed by atoms with E-state index >= 15 is 0 Å². The molecule has 2 fully saturated rings. The van der Waals surface area contributed by atoms with Crippen LogP contribution in [0.5, 0.6) is 0 Å². The van der Waals surface area contributed by atoms with Gasteiger partial charge in [0, 0.05) is 22.5 Å². The summed E-state index contributed by atoms with van der Waals surface area (Å²) in [6.45, 7) is 2.07. The molecule has 2 aliphatic rings. The standard InChI is InChI=1S/C18H22Cl2N2O3/c1-2-18(10-23)8-12-4-6-15(18)22(12)16(24)9-21-17(25)13-7-11(19)3-5-14(13)20/h3,5,7,12,15,23H,2,4,6,8-10H2,1H3,(H,21,25)/t12-,15+,18-/m1/s1. The maximum atomic E-state index is 12.7. The molecule has 0 aliphatic carbocycles. The van der Waals surface area contributed by atoms with Crippen molar-refractivity contribution in [2.75, 3.05) is 13.2 Å². The van der Waals surface area contributed by atoms with Crippen LogP contribution in [0.4, 0.5) is 0 Å². The quantitative estimate of drug-likeness (QED) is 0.819. The molecule has 1 aromatic rings. The molecule has 136 valence electrons. The number of rotatable bonds is 5. The van der Waals surface area contributed by atoms with Crippen molar-refractivity contribution in [3.8, 4) is 0 Å². The molecule has 2 saturated heterocycles. The first-order chi connectivity index (χ1) is 11.9. The third-order valence-electron chi connectivity index (χ3n) is 5.73. The van der Waals surface area contributed by atoms with Crippen molar-refractivity contribution in [2.24, 2.45) is 5.41 Å². The highest BCUT2D eigenvalue weighted by Gasteiger charge is 2.56. The number of aliphatic hydroxyl groups excluding tert-OH is 1. The first-order valence-electron chi connectivity index (χ1n) is 8.57. The van der Waals surface area contributed by atoms with Crippen molar-refractivity contribution in [1.82, 2.24) is 10.2 Å². The molecule has 0 radical (unpaired) electrons. The topological polar surface area (TPSA) is 69.6 Å². The van der Waals surface area contributed by atoms with E-state index < -0.39 is 5.91 Å². The summed E-state index contributed by atoms with van der Waals surface area (Å²) < 4.78 is 0. The molecule has 1 aromatic carbocycles. The van der Waals surface area contributed by atoms with Crippen molar-refractivity contribution in [3.05, 3.63) is 33.8 Å². The summed E-state index contributed by atoms with van der Waals surface area (Å²) in [6.07, 6.45) is 3.56. The Balaban J connectivity index is 1.66. The second-order valence-corrected chi connectivity index (χ2v) is 7.78. The molecule has 5 nitrogen and oxygen atoms in total. The van der Waals surface area contributed by atoms with Gasteiger partial charge in [0.25, 0.3) is 5.91 Å². The van der Waals surface area contributed by atoms with E-state index in [-0.39, 0.29) is 42.1 Å². The molecule has 7 heteroatoms. The van der Waals surface area contributed by atoms with Gasteiger partial charge in [-0.3, -0.25) is 9.59 Å². The van der Waals surface area contributed by atoms with Gasteiger partial charge in [0.15, 0.2) is 0 Å². The van der Waals surface area contributed by atoms with Gasteiger partial charge >= 0.3 is 0 Å². The van der Waals surface area contributed by atoms with Crippen molar-refractivity contribution in [1.29, 1.82) is 0 Å². The normalized spacial score (nSPS) is 27.6. The highest BCUT2D eigenvalue weighted by Crippen LogP contribution is 2.51. The van der Waals surface area contributed by atoms with Crippen LogP contribution in [-0.4, -0.2) is 47.1 Å². The van der Waals surface area contributed by atoms with Gasteiger partial charge in [0.05, 0.1) is 23.7 Å². The summed E-state index contributed by atoms with van der Waals surface area (Å²) in [5, 5.41) is 13.2. The Labute approximate surface area is 157 Å². The number of benzene rings is 1.